The molecule has 1 aliphatic carbocycles. The zero-order valence-electron chi connectivity index (χ0n) is 20.9. The van der Waals surface area contributed by atoms with E-state index in [1.54, 1.807) is 6.07 Å². The minimum atomic E-state index is -0.485. The van der Waals surface area contributed by atoms with E-state index in [4.69, 9.17) is 5.73 Å². The molecule has 1 saturated heterocycles. The molecule has 0 bridgehead atoms. The first-order valence-electron chi connectivity index (χ1n) is 13.0. The fraction of sp³-hybridized carbons (Fsp3) is 0.536. The molecule has 0 atom stereocenters. The van der Waals surface area contributed by atoms with Gasteiger partial charge in [-0.25, -0.2) is 0 Å². The van der Waals surface area contributed by atoms with E-state index in [9.17, 15) is 14.4 Å². The highest BCUT2D eigenvalue weighted by Gasteiger charge is 2.27. The van der Waals surface area contributed by atoms with Crippen LogP contribution in [0.4, 0.5) is 0 Å². The van der Waals surface area contributed by atoms with Crippen LogP contribution in [-0.2, 0) is 17.8 Å². The maximum atomic E-state index is 13.3. The Bertz CT molecular complexity index is 1030. The standard InChI is InChI=1S/C28H38N4O3/c1-21-24(28(29)35)18-25(32(21)19-23-10-6-3-7-11-23)26(33)20-30-14-16-31(17-15-30)27(34)13-12-22-8-4-2-5-9-22/h2,4-5,8-9,18,23H,3,6-7,10-17,19-20H2,1H3,(H2,29,35). The predicted octanol–water partition coefficient (Wildman–Crippen LogP) is 3.44. The molecule has 2 N–H and O–H groups in total. The summed E-state index contributed by atoms with van der Waals surface area (Å²) in [5, 5.41) is 0. The van der Waals surface area contributed by atoms with Crippen LogP contribution in [0.5, 0.6) is 0 Å². The van der Waals surface area contributed by atoms with Crippen molar-refractivity contribution in [1.29, 1.82) is 0 Å². The van der Waals surface area contributed by atoms with Gasteiger partial charge in [0, 0.05) is 44.8 Å². The van der Waals surface area contributed by atoms with Crippen molar-refractivity contribution < 1.29 is 14.4 Å². The summed E-state index contributed by atoms with van der Waals surface area (Å²) in [7, 11) is 0. The molecule has 1 saturated carbocycles. The van der Waals surface area contributed by atoms with Crippen LogP contribution in [0.1, 0.15) is 70.6 Å². The van der Waals surface area contributed by atoms with Gasteiger partial charge in [-0.2, -0.15) is 0 Å². The molecular weight excluding hydrogens is 440 g/mol. The fourth-order valence-electron chi connectivity index (χ4n) is 5.48. The zero-order valence-corrected chi connectivity index (χ0v) is 20.9. The van der Waals surface area contributed by atoms with Gasteiger partial charge in [0.1, 0.15) is 0 Å². The molecule has 2 amide bonds. The van der Waals surface area contributed by atoms with Crippen molar-refractivity contribution in [3.8, 4) is 0 Å². The Morgan fingerprint density at radius 1 is 0.971 bits per heavy atom. The lowest BCUT2D eigenvalue weighted by Crippen LogP contribution is -2.50. The highest BCUT2D eigenvalue weighted by atomic mass is 16.2. The molecular formula is C28H38N4O3. The number of primary amides is 1. The largest absolute Gasteiger partial charge is 0.366 e. The Morgan fingerprint density at radius 2 is 1.66 bits per heavy atom. The first-order chi connectivity index (χ1) is 16.9. The van der Waals surface area contributed by atoms with E-state index in [0.29, 0.717) is 56.3 Å². The number of Topliss-reactive ketones (excluding diaryl/α,β-unsaturated/α-hetero) is 1. The third-order valence-electron chi connectivity index (χ3n) is 7.65. The van der Waals surface area contributed by atoms with Crippen LogP contribution >= 0.6 is 0 Å². The second-order valence-corrected chi connectivity index (χ2v) is 10.1. The molecule has 1 aliphatic heterocycles. The van der Waals surface area contributed by atoms with E-state index in [0.717, 1.165) is 31.5 Å². The van der Waals surface area contributed by atoms with E-state index in [1.165, 1.54) is 24.8 Å². The Morgan fingerprint density at radius 3 is 2.31 bits per heavy atom. The Kier molecular flexibility index (Phi) is 8.39. The first-order valence-corrected chi connectivity index (χ1v) is 13.0. The number of rotatable bonds is 9. The molecule has 4 rings (SSSR count). The molecule has 7 nitrogen and oxygen atoms in total. The second-order valence-electron chi connectivity index (χ2n) is 10.1. The SMILES string of the molecule is Cc1c(C(N)=O)cc(C(=O)CN2CCN(C(=O)CCc3ccccc3)CC2)n1CC1CCCCC1. The van der Waals surface area contributed by atoms with Crippen LogP contribution < -0.4 is 5.73 Å². The Balaban J connectivity index is 1.33. The van der Waals surface area contributed by atoms with Crippen LogP contribution in [0.2, 0.25) is 0 Å². The van der Waals surface area contributed by atoms with Gasteiger partial charge in [-0.1, -0.05) is 49.6 Å². The normalized spacial score (nSPS) is 17.5. The number of hydrogen-bond acceptors (Lipinski definition) is 4. The average molecular weight is 479 g/mol. The summed E-state index contributed by atoms with van der Waals surface area (Å²) in [6.07, 6.45) is 7.32. The number of ketones is 1. The van der Waals surface area contributed by atoms with Crippen molar-refractivity contribution in [1.82, 2.24) is 14.4 Å². The summed E-state index contributed by atoms with van der Waals surface area (Å²) < 4.78 is 2.03. The third kappa shape index (κ3) is 6.40. The lowest BCUT2D eigenvalue weighted by Gasteiger charge is -2.34. The molecule has 0 radical (unpaired) electrons. The van der Waals surface area contributed by atoms with E-state index >= 15 is 0 Å². The number of hydrogen-bond donors (Lipinski definition) is 1. The van der Waals surface area contributed by atoms with E-state index < -0.39 is 5.91 Å². The summed E-state index contributed by atoms with van der Waals surface area (Å²) in [5.41, 5.74) is 8.60. The number of piperazine rings is 1. The highest BCUT2D eigenvalue weighted by molar-refractivity contribution is 6.01. The maximum Gasteiger partial charge on any atom is 0.250 e. The van der Waals surface area contributed by atoms with Crippen molar-refractivity contribution in [3.63, 3.8) is 0 Å². The summed E-state index contributed by atoms with van der Waals surface area (Å²) in [4.78, 5) is 42.0. The van der Waals surface area contributed by atoms with Crippen molar-refractivity contribution in [2.24, 2.45) is 11.7 Å². The summed E-state index contributed by atoms with van der Waals surface area (Å²) >= 11 is 0. The van der Waals surface area contributed by atoms with Crippen LogP contribution in [-0.4, -0.2) is 64.7 Å². The molecule has 35 heavy (non-hydrogen) atoms. The molecule has 0 unspecified atom stereocenters. The molecule has 2 aliphatic rings. The van der Waals surface area contributed by atoms with Crippen molar-refractivity contribution >= 4 is 17.6 Å². The number of carbonyl (C=O) groups is 3. The summed E-state index contributed by atoms with van der Waals surface area (Å²) in [6, 6.07) is 11.8. The average Bonchev–Trinajstić information content (AvgIpc) is 3.20. The molecule has 188 valence electrons. The lowest BCUT2D eigenvalue weighted by atomic mass is 9.89. The molecule has 2 aromatic rings. The van der Waals surface area contributed by atoms with Crippen LogP contribution in [0.15, 0.2) is 36.4 Å². The van der Waals surface area contributed by atoms with E-state index in [-0.39, 0.29) is 11.7 Å². The number of aryl methyl sites for hydroxylation is 1. The van der Waals surface area contributed by atoms with Crippen LogP contribution in [0, 0.1) is 12.8 Å². The quantitative estimate of drug-likeness (QED) is 0.559. The number of benzene rings is 1. The molecule has 7 heteroatoms. The van der Waals surface area contributed by atoms with Gasteiger partial charge in [0.05, 0.1) is 17.8 Å². The Hall–Kier alpha value is -2.93. The number of amides is 2. The zero-order chi connectivity index (χ0) is 24.8. The Labute approximate surface area is 208 Å². The topological polar surface area (TPSA) is 88.6 Å². The molecule has 2 heterocycles. The van der Waals surface area contributed by atoms with Gasteiger partial charge in [-0.3, -0.25) is 19.3 Å². The smallest absolute Gasteiger partial charge is 0.250 e. The van der Waals surface area contributed by atoms with Gasteiger partial charge in [0.15, 0.2) is 5.78 Å². The molecule has 1 aromatic heterocycles. The van der Waals surface area contributed by atoms with Crippen LogP contribution in [0.25, 0.3) is 0 Å². The second kappa shape index (κ2) is 11.7. The van der Waals surface area contributed by atoms with E-state index in [2.05, 4.69) is 4.90 Å². The number of carbonyl (C=O) groups excluding carboxylic acids is 3. The first kappa shape index (κ1) is 25.2. The summed E-state index contributed by atoms with van der Waals surface area (Å²) in [6.45, 7) is 5.56. The van der Waals surface area contributed by atoms with Crippen molar-refractivity contribution in [2.45, 2.75) is 58.4 Å². The van der Waals surface area contributed by atoms with Crippen molar-refractivity contribution in [2.75, 3.05) is 32.7 Å². The minimum absolute atomic E-state index is 0.0141. The van der Waals surface area contributed by atoms with E-state index in [1.807, 2.05) is 46.7 Å². The van der Waals surface area contributed by atoms with Gasteiger partial charge < -0.3 is 15.2 Å². The molecule has 0 spiro atoms. The molecule has 2 fully saturated rings. The van der Waals surface area contributed by atoms with Gasteiger partial charge in [0.2, 0.25) is 5.91 Å². The predicted molar refractivity (Wildman–Crippen MR) is 136 cm³/mol. The van der Waals surface area contributed by atoms with Gasteiger partial charge >= 0.3 is 0 Å². The third-order valence-corrected chi connectivity index (χ3v) is 7.65. The molecule has 1 aromatic carbocycles. The minimum Gasteiger partial charge on any atom is -0.366 e. The lowest BCUT2D eigenvalue weighted by molar-refractivity contribution is -0.132. The van der Waals surface area contributed by atoms with Gasteiger partial charge in [-0.15, -0.1) is 0 Å². The summed E-state index contributed by atoms with van der Waals surface area (Å²) in [5.74, 6) is 0.234. The van der Waals surface area contributed by atoms with Crippen molar-refractivity contribution in [3.05, 3.63) is 58.9 Å². The number of nitrogens with two attached hydrogens (primary N) is 1. The fourth-order valence-corrected chi connectivity index (χ4v) is 5.48. The van der Waals surface area contributed by atoms with Gasteiger partial charge in [-0.05, 0) is 43.7 Å². The monoisotopic (exact) mass is 478 g/mol. The van der Waals surface area contributed by atoms with Gasteiger partial charge in [0.25, 0.3) is 5.91 Å². The van der Waals surface area contributed by atoms with Crippen LogP contribution in [0.3, 0.4) is 0 Å². The maximum absolute atomic E-state index is 13.3. The highest BCUT2D eigenvalue weighted by Crippen LogP contribution is 2.27. The number of nitrogens with zero attached hydrogens (tertiary/aromatic N) is 3. The number of aromatic nitrogens is 1.